The van der Waals surface area contributed by atoms with Crippen LogP contribution < -0.4 is 10.5 Å². The number of quaternary nitrogens is 1. The molecule has 0 spiro atoms. The smallest absolute Gasteiger partial charge is 0.357 e. The average Bonchev–Trinajstić information content (AvgIpc) is 2.52. The van der Waals surface area contributed by atoms with Crippen LogP contribution in [0, 0.1) is 5.41 Å². The number of nitrogens with zero attached hydrogens (tertiary/aromatic N) is 2. The zero-order valence-electron chi connectivity index (χ0n) is 17.0. The first-order valence-corrected chi connectivity index (χ1v) is 10.1. The van der Waals surface area contributed by atoms with Gasteiger partial charge < -0.3 is 15.4 Å². The molecule has 0 aliphatic heterocycles. The summed E-state index contributed by atoms with van der Waals surface area (Å²) in [6.45, 7) is 5.41. The number of ether oxygens (including phenoxy) is 1. The Morgan fingerprint density at radius 3 is 2.37 bits per heavy atom. The third kappa shape index (κ3) is 5.19. The van der Waals surface area contributed by atoms with Crippen molar-refractivity contribution in [3.05, 3.63) is 24.3 Å². The standard InChI is InChI=1S/C18H31N3O5S/c1-18(2,3)16(17(19)22)21(23,12-8-11-20(4)5)27(24,25)15-10-7-9-14(13-15)26-6/h7,9-10,13,16,23H,8,11-12H2,1-6H3,(H-,19,22)/p+1/t16-,21?/m0/s1. The maximum absolute atomic E-state index is 13.4. The van der Waals surface area contributed by atoms with E-state index in [2.05, 4.69) is 0 Å². The van der Waals surface area contributed by atoms with Gasteiger partial charge in [-0.25, -0.2) is 0 Å². The summed E-state index contributed by atoms with van der Waals surface area (Å²) in [5.41, 5.74) is 4.67. The summed E-state index contributed by atoms with van der Waals surface area (Å²) < 4.78 is 30.5. The number of carbonyl (C=O) groups is 1. The summed E-state index contributed by atoms with van der Waals surface area (Å²) in [7, 11) is 0.747. The van der Waals surface area contributed by atoms with E-state index in [1.807, 2.05) is 19.0 Å². The molecule has 0 saturated heterocycles. The van der Waals surface area contributed by atoms with Gasteiger partial charge in [0.2, 0.25) is 6.04 Å². The van der Waals surface area contributed by atoms with Crippen molar-refractivity contribution in [3.63, 3.8) is 0 Å². The van der Waals surface area contributed by atoms with Crippen LogP contribution in [0.15, 0.2) is 29.2 Å². The highest BCUT2D eigenvalue weighted by atomic mass is 32.2. The number of nitrogens with two attached hydrogens (primary N) is 1. The maximum atomic E-state index is 13.4. The average molecular weight is 403 g/mol. The summed E-state index contributed by atoms with van der Waals surface area (Å²) in [6, 6.07) is 4.47. The molecule has 27 heavy (non-hydrogen) atoms. The SMILES string of the molecule is COc1cccc(S(=O)(=O)[N+](O)(CCCN(C)C)[C@@H](C(N)=O)C(C)(C)C)c1. The summed E-state index contributed by atoms with van der Waals surface area (Å²) in [4.78, 5) is 14.0. The monoisotopic (exact) mass is 402 g/mol. The van der Waals surface area contributed by atoms with Gasteiger partial charge in [-0.15, -0.1) is 0 Å². The molecule has 0 aliphatic carbocycles. The highest BCUT2D eigenvalue weighted by Gasteiger charge is 2.57. The van der Waals surface area contributed by atoms with Gasteiger partial charge in [-0.1, -0.05) is 30.9 Å². The fourth-order valence-electron chi connectivity index (χ4n) is 3.18. The second-order valence-corrected chi connectivity index (χ2v) is 10.0. The lowest BCUT2D eigenvalue weighted by Gasteiger charge is -2.40. The lowest BCUT2D eigenvalue weighted by Crippen LogP contribution is -2.66. The Balaban J connectivity index is 3.57. The largest absolute Gasteiger partial charge is 0.497 e. The van der Waals surface area contributed by atoms with Crippen LogP contribution >= 0.6 is 0 Å². The van der Waals surface area contributed by atoms with E-state index < -0.39 is 31.4 Å². The van der Waals surface area contributed by atoms with Gasteiger partial charge >= 0.3 is 10.0 Å². The molecule has 3 N–H and O–H groups in total. The number of benzene rings is 1. The quantitative estimate of drug-likeness (QED) is 0.478. The summed E-state index contributed by atoms with van der Waals surface area (Å²) >= 11 is 0. The van der Waals surface area contributed by atoms with Gasteiger partial charge in [0.1, 0.15) is 17.2 Å². The Morgan fingerprint density at radius 2 is 1.93 bits per heavy atom. The van der Waals surface area contributed by atoms with E-state index in [0.717, 1.165) is 0 Å². The normalized spacial score (nSPS) is 16.0. The lowest BCUT2D eigenvalue weighted by molar-refractivity contribution is -1.02. The Labute approximate surface area is 162 Å². The van der Waals surface area contributed by atoms with Gasteiger partial charge in [-0.05, 0) is 26.2 Å². The van der Waals surface area contributed by atoms with Gasteiger partial charge in [0.05, 0.1) is 7.11 Å². The van der Waals surface area contributed by atoms with Gasteiger partial charge in [0.15, 0.2) is 0 Å². The van der Waals surface area contributed by atoms with Gasteiger partial charge in [-0.3, -0.25) is 4.79 Å². The number of amides is 1. The molecule has 0 saturated carbocycles. The Kier molecular flexibility index (Phi) is 7.40. The van der Waals surface area contributed by atoms with Crippen molar-refractivity contribution >= 4 is 15.9 Å². The molecule has 0 fully saturated rings. The molecule has 0 heterocycles. The van der Waals surface area contributed by atoms with E-state index in [9.17, 15) is 18.4 Å². The van der Waals surface area contributed by atoms with Crippen molar-refractivity contribution in [2.45, 2.75) is 38.1 Å². The number of primary amides is 1. The van der Waals surface area contributed by atoms with Crippen LogP contribution in [0.25, 0.3) is 0 Å². The van der Waals surface area contributed by atoms with Crippen LogP contribution in [-0.2, 0) is 14.8 Å². The zero-order chi connectivity index (χ0) is 21.0. The minimum absolute atomic E-state index is 0.135. The molecule has 0 bridgehead atoms. The molecule has 0 aromatic heterocycles. The highest BCUT2D eigenvalue weighted by molar-refractivity contribution is 7.85. The third-order valence-electron chi connectivity index (χ3n) is 4.33. The number of methoxy groups -OCH3 is 1. The van der Waals surface area contributed by atoms with Gasteiger partial charge in [-0.2, -0.15) is 13.6 Å². The van der Waals surface area contributed by atoms with Crippen molar-refractivity contribution in [2.75, 3.05) is 34.3 Å². The Hall–Kier alpha value is -1.68. The number of hydrogen-bond donors (Lipinski definition) is 2. The first-order chi connectivity index (χ1) is 12.3. The molecule has 154 valence electrons. The lowest BCUT2D eigenvalue weighted by atomic mass is 9.86. The molecule has 9 heteroatoms. The van der Waals surface area contributed by atoms with Gasteiger partial charge in [0.25, 0.3) is 5.91 Å². The van der Waals surface area contributed by atoms with Crippen LogP contribution in [0.5, 0.6) is 5.75 Å². The first-order valence-electron chi connectivity index (χ1n) is 8.71. The number of rotatable bonds is 9. The molecule has 1 amide bonds. The van der Waals surface area contributed by atoms with Crippen molar-refractivity contribution in [2.24, 2.45) is 11.1 Å². The minimum atomic E-state index is -4.36. The zero-order valence-corrected chi connectivity index (χ0v) is 17.8. The summed E-state index contributed by atoms with van der Waals surface area (Å²) in [5.74, 6) is -0.538. The summed E-state index contributed by atoms with van der Waals surface area (Å²) in [5, 5.41) is 11.4. The molecular formula is C18H32N3O5S+. The first kappa shape index (κ1) is 23.4. The molecular weight excluding hydrogens is 370 g/mol. The predicted molar refractivity (Wildman–Crippen MR) is 103 cm³/mol. The molecule has 1 aromatic rings. The van der Waals surface area contributed by atoms with Crippen molar-refractivity contribution in [1.29, 1.82) is 0 Å². The number of hydrogen-bond acceptors (Lipinski definition) is 6. The third-order valence-corrected chi connectivity index (χ3v) is 6.41. The molecule has 1 unspecified atom stereocenters. The highest BCUT2D eigenvalue weighted by Crippen LogP contribution is 2.35. The van der Waals surface area contributed by atoms with E-state index in [0.29, 0.717) is 18.7 Å². The van der Waals surface area contributed by atoms with Crippen LogP contribution in [0.4, 0.5) is 0 Å². The van der Waals surface area contributed by atoms with Crippen LogP contribution in [0.2, 0.25) is 0 Å². The topological polar surface area (TPSA) is 110 Å². The van der Waals surface area contributed by atoms with Crippen LogP contribution in [0.1, 0.15) is 27.2 Å². The van der Waals surface area contributed by atoms with E-state index in [1.165, 1.54) is 25.3 Å². The molecule has 0 radical (unpaired) electrons. The Morgan fingerprint density at radius 1 is 1.33 bits per heavy atom. The molecule has 0 aliphatic rings. The fraction of sp³-hybridized carbons (Fsp3) is 0.611. The van der Waals surface area contributed by atoms with Crippen LogP contribution in [0.3, 0.4) is 0 Å². The molecule has 2 atom stereocenters. The van der Waals surface area contributed by atoms with Crippen molar-refractivity contribution in [3.8, 4) is 5.75 Å². The van der Waals surface area contributed by atoms with Crippen molar-refractivity contribution in [1.82, 2.24) is 4.90 Å². The molecule has 1 rings (SSSR count). The number of sulfonamides is 1. The fourth-order valence-corrected chi connectivity index (χ4v) is 5.12. The number of carbonyl (C=O) groups excluding carboxylic acids is 1. The molecule has 8 nitrogen and oxygen atoms in total. The van der Waals surface area contributed by atoms with E-state index >= 15 is 0 Å². The van der Waals surface area contributed by atoms with Crippen LogP contribution in [-0.4, -0.2) is 68.8 Å². The van der Waals surface area contributed by atoms with Crippen molar-refractivity contribution < 1.29 is 27.2 Å². The minimum Gasteiger partial charge on any atom is -0.497 e. The van der Waals surface area contributed by atoms with E-state index in [-0.39, 0.29) is 11.4 Å². The Bertz CT molecular complexity index is 759. The molecule has 1 aromatic carbocycles. The second kappa shape index (κ2) is 8.55. The summed E-state index contributed by atoms with van der Waals surface area (Å²) in [6.07, 6.45) is 0.354. The predicted octanol–water partition coefficient (Wildman–Crippen LogP) is 1.44. The maximum Gasteiger partial charge on any atom is 0.357 e. The number of hydroxylamine groups is 2. The van der Waals surface area contributed by atoms with E-state index in [4.69, 9.17) is 10.5 Å². The van der Waals surface area contributed by atoms with Gasteiger partial charge in [0, 0.05) is 24.4 Å². The van der Waals surface area contributed by atoms with E-state index in [1.54, 1.807) is 26.8 Å². The second-order valence-electron chi connectivity index (χ2n) is 7.96.